The highest BCUT2D eigenvalue weighted by atomic mass is 16.0. The topological polar surface area (TPSA) is 45.9 Å². The zero-order chi connectivity index (χ0) is 14.8. The average Bonchev–Trinajstić information content (AvgIpc) is 2.92. The van der Waals surface area contributed by atoms with Gasteiger partial charge in [0.15, 0.2) is 6.34 Å². The predicted molar refractivity (Wildman–Crippen MR) is 83.3 cm³/mol. The van der Waals surface area contributed by atoms with Crippen LogP contribution in [0.1, 0.15) is 11.1 Å². The van der Waals surface area contributed by atoms with Crippen molar-refractivity contribution in [1.82, 2.24) is 5.01 Å². The Morgan fingerprint density at radius 3 is 2.05 bits per heavy atom. The van der Waals surface area contributed by atoms with E-state index in [4.69, 9.17) is 0 Å². The van der Waals surface area contributed by atoms with E-state index in [2.05, 4.69) is 11.3 Å². The Kier molecular flexibility index (Phi) is 3.20. The zero-order valence-electron chi connectivity index (χ0n) is 11.9. The Balaban J connectivity index is 2.09. The summed E-state index contributed by atoms with van der Waals surface area (Å²) in [7, 11) is 0. The highest BCUT2D eigenvalue weighted by Gasteiger charge is 2.29. The molecule has 1 aliphatic rings. The molecule has 0 saturated carbocycles. The van der Waals surface area contributed by atoms with Crippen LogP contribution in [0.5, 0.6) is 0 Å². The van der Waals surface area contributed by atoms with Gasteiger partial charge in [-0.3, -0.25) is 0 Å². The van der Waals surface area contributed by atoms with Crippen LogP contribution in [0, 0.1) is 25.3 Å². The molecule has 0 saturated heterocycles. The first-order valence-corrected chi connectivity index (χ1v) is 6.67. The summed E-state index contributed by atoms with van der Waals surface area (Å²) in [4.78, 5) is 0. The molecule has 0 unspecified atom stereocenters. The van der Waals surface area contributed by atoms with Crippen LogP contribution >= 0.6 is 0 Å². The van der Waals surface area contributed by atoms with Crippen molar-refractivity contribution in [2.75, 3.05) is 10.2 Å². The van der Waals surface area contributed by atoms with Gasteiger partial charge in [0, 0.05) is 0 Å². The molecule has 2 aromatic carbocycles. The van der Waals surface area contributed by atoms with Gasteiger partial charge in [0.2, 0.25) is 6.19 Å². The Hall–Kier alpha value is -3.00. The van der Waals surface area contributed by atoms with Gasteiger partial charge in [0.05, 0.1) is 11.4 Å². The third-order valence-corrected chi connectivity index (χ3v) is 3.42. The van der Waals surface area contributed by atoms with Gasteiger partial charge in [-0.15, -0.1) is 10.2 Å². The summed E-state index contributed by atoms with van der Waals surface area (Å²) >= 11 is 0. The van der Waals surface area contributed by atoms with Crippen molar-refractivity contribution < 1.29 is 0 Å². The first-order chi connectivity index (χ1) is 10.2. The van der Waals surface area contributed by atoms with Crippen molar-refractivity contribution in [1.29, 1.82) is 5.26 Å². The largest absolute Gasteiger partial charge is 0.207 e. The molecule has 0 spiro atoms. The van der Waals surface area contributed by atoms with Crippen LogP contribution in [-0.2, 0) is 0 Å². The van der Waals surface area contributed by atoms with E-state index in [1.54, 1.807) is 10.2 Å². The molecule has 104 valence electrons. The van der Waals surface area contributed by atoms with E-state index in [1.165, 1.54) is 11.3 Å². The van der Waals surface area contributed by atoms with Crippen LogP contribution in [0.2, 0.25) is 0 Å². The van der Waals surface area contributed by atoms with Crippen LogP contribution in [0.25, 0.3) is 0 Å². The maximum absolute atomic E-state index is 9.34. The fourth-order valence-electron chi connectivity index (χ4n) is 2.31. The lowest BCUT2D eigenvalue weighted by Gasteiger charge is -2.32. The van der Waals surface area contributed by atoms with Crippen molar-refractivity contribution in [3.8, 4) is 6.19 Å². The molecular weight excluding hydrogens is 262 g/mol. The highest BCUT2D eigenvalue weighted by molar-refractivity contribution is 5.74. The van der Waals surface area contributed by atoms with E-state index in [9.17, 15) is 5.26 Å². The lowest BCUT2D eigenvalue weighted by molar-refractivity contribution is 0.545. The van der Waals surface area contributed by atoms with Gasteiger partial charge < -0.3 is 0 Å². The number of hydrazine groups is 2. The quantitative estimate of drug-likeness (QED) is 0.791. The van der Waals surface area contributed by atoms with Crippen LogP contribution in [0.4, 0.5) is 11.4 Å². The lowest BCUT2D eigenvalue weighted by atomic mass is 10.2. The molecule has 0 bridgehead atoms. The average molecular weight is 277 g/mol. The molecule has 5 heteroatoms. The van der Waals surface area contributed by atoms with Gasteiger partial charge in [0.25, 0.3) is 0 Å². The number of para-hydroxylation sites is 2. The summed E-state index contributed by atoms with van der Waals surface area (Å²) in [6.45, 7) is 4.04. The summed E-state index contributed by atoms with van der Waals surface area (Å²) in [5.74, 6) is 0. The second-order valence-corrected chi connectivity index (χ2v) is 4.83. The molecule has 0 radical (unpaired) electrons. The smallest absolute Gasteiger partial charge is 0.170 e. The van der Waals surface area contributed by atoms with E-state index >= 15 is 0 Å². The number of anilines is 2. The van der Waals surface area contributed by atoms with Crippen LogP contribution in [0.15, 0.2) is 53.6 Å². The van der Waals surface area contributed by atoms with Crippen LogP contribution < -0.4 is 10.2 Å². The Morgan fingerprint density at radius 2 is 1.48 bits per heavy atom. The van der Waals surface area contributed by atoms with Crippen molar-refractivity contribution in [3.05, 3.63) is 59.7 Å². The Morgan fingerprint density at radius 1 is 0.905 bits per heavy atom. The highest BCUT2D eigenvalue weighted by Crippen LogP contribution is 2.31. The molecule has 0 atom stereocenters. The molecule has 1 aliphatic heterocycles. The minimum absolute atomic E-state index is 0.916. The van der Waals surface area contributed by atoms with Gasteiger partial charge in [-0.2, -0.15) is 15.4 Å². The summed E-state index contributed by atoms with van der Waals surface area (Å²) < 4.78 is 0. The van der Waals surface area contributed by atoms with E-state index < -0.39 is 0 Å². The maximum atomic E-state index is 9.34. The van der Waals surface area contributed by atoms with E-state index in [0.717, 1.165) is 22.5 Å². The van der Waals surface area contributed by atoms with E-state index in [0.29, 0.717) is 0 Å². The van der Waals surface area contributed by atoms with E-state index in [1.807, 2.05) is 62.4 Å². The number of hydrazone groups is 1. The number of aryl methyl sites for hydroxylation is 2. The molecule has 0 amide bonds. The zero-order valence-corrected chi connectivity index (χ0v) is 11.9. The molecule has 5 nitrogen and oxygen atoms in total. The second kappa shape index (κ2) is 5.17. The summed E-state index contributed by atoms with van der Waals surface area (Å²) in [5.41, 5.74) is 4.02. The molecule has 1 heterocycles. The normalized spacial score (nSPS) is 13.7. The molecule has 2 aromatic rings. The second-order valence-electron chi connectivity index (χ2n) is 4.83. The van der Waals surface area contributed by atoms with Crippen molar-refractivity contribution in [3.63, 3.8) is 0 Å². The van der Waals surface area contributed by atoms with Gasteiger partial charge in [-0.05, 0) is 37.1 Å². The minimum atomic E-state index is 0.916. The number of rotatable bonds is 2. The number of hydrogen-bond acceptors (Lipinski definition) is 5. The Labute approximate surface area is 123 Å². The SMILES string of the molecule is Cc1ccccc1N1N=CN(C#N)N1c1ccccc1C. The van der Waals surface area contributed by atoms with Gasteiger partial charge in [-0.25, -0.2) is 0 Å². The fourth-order valence-corrected chi connectivity index (χ4v) is 2.31. The van der Waals surface area contributed by atoms with Crippen molar-refractivity contribution in [2.45, 2.75) is 13.8 Å². The van der Waals surface area contributed by atoms with E-state index in [-0.39, 0.29) is 0 Å². The number of nitriles is 1. The third kappa shape index (κ3) is 2.17. The predicted octanol–water partition coefficient (Wildman–Crippen LogP) is 3.19. The minimum Gasteiger partial charge on any atom is -0.170 e. The lowest BCUT2D eigenvalue weighted by Crippen LogP contribution is -2.44. The number of benzene rings is 2. The monoisotopic (exact) mass is 277 g/mol. The van der Waals surface area contributed by atoms with Crippen molar-refractivity contribution in [2.24, 2.45) is 5.10 Å². The van der Waals surface area contributed by atoms with Crippen LogP contribution in [-0.4, -0.2) is 11.3 Å². The summed E-state index contributed by atoms with van der Waals surface area (Å²) in [5, 5.41) is 18.6. The van der Waals surface area contributed by atoms with Gasteiger partial charge in [-0.1, -0.05) is 36.4 Å². The first-order valence-electron chi connectivity index (χ1n) is 6.67. The molecule has 0 aromatic heterocycles. The fraction of sp³-hybridized carbons (Fsp3) is 0.125. The molecule has 0 N–H and O–H groups in total. The summed E-state index contributed by atoms with van der Waals surface area (Å²) in [6.07, 6.45) is 3.64. The molecule has 0 fully saturated rings. The summed E-state index contributed by atoms with van der Waals surface area (Å²) in [6, 6.07) is 15.9. The molecular formula is C16H15N5. The van der Waals surface area contributed by atoms with Gasteiger partial charge in [0.1, 0.15) is 0 Å². The molecule has 21 heavy (non-hydrogen) atoms. The number of hydrogen-bond donors (Lipinski definition) is 0. The Bertz CT molecular complexity index is 731. The third-order valence-electron chi connectivity index (χ3n) is 3.42. The number of nitrogens with zero attached hydrogens (tertiary/aromatic N) is 5. The molecule has 0 aliphatic carbocycles. The molecule has 3 rings (SSSR count). The maximum Gasteiger partial charge on any atom is 0.207 e. The van der Waals surface area contributed by atoms with Crippen molar-refractivity contribution >= 4 is 17.7 Å². The first kappa shape index (κ1) is 13.0. The van der Waals surface area contributed by atoms with Crippen LogP contribution in [0.3, 0.4) is 0 Å². The standard InChI is InChI=1S/C16H15N5/c1-13-7-3-5-9-15(13)20-18-12-19(11-17)21(20)16-10-6-4-8-14(16)2/h3-10,12H,1-2H3. The van der Waals surface area contributed by atoms with Gasteiger partial charge >= 0.3 is 0 Å².